The summed E-state index contributed by atoms with van der Waals surface area (Å²) >= 11 is 0. The number of aliphatic imine (C=N–C) groups is 1. The first-order chi connectivity index (χ1) is 15.1. The second-order valence-electron chi connectivity index (χ2n) is 9.20. The van der Waals surface area contributed by atoms with E-state index in [1.807, 2.05) is 12.3 Å². The fraction of sp³-hybridized carbons (Fsp3) is 0.708. The fourth-order valence-corrected chi connectivity index (χ4v) is 4.94. The summed E-state index contributed by atoms with van der Waals surface area (Å²) in [5.41, 5.74) is 6.59. The monoisotopic (exact) mass is 556 g/mol. The number of halogens is 1. The number of primary amides is 1. The number of guanidine groups is 1. The average molecular weight is 557 g/mol. The number of pyridine rings is 1. The third kappa shape index (κ3) is 8.08. The zero-order valence-corrected chi connectivity index (χ0v) is 22.0. The number of rotatable bonds is 8. The molecular weight excluding hydrogens is 515 g/mol. The van der Waals surface area contributed by atoms with E-state index in [1.54, 1.807) is 0 Å². The van der Waals surface area contributed by atoms with Crippen LogP contribution in [0, 0.1) is 17.8 Å². The van der Waals surface area contributed by atoms with Crippen molar-refractivity contribution >= 4 is 41.7 Å². The van der Waals surface area contributed by atoms with Crippen LogP contribution in [0.4, 0.5) is 5.82 Å². The highest BCUT2D eigenvalue weighted by molar-refractivity contribution is 14.0. The van der Waals surface area contributed by atoms with Gasteiger partial charge in [0.15, 0.2) is 5.96 Å². The van der Waals surface area contributed by atoms with Crippen LogP contribution in [-0.2, 0) is 11.3 Å². The first-order valence-electron chi connectivity index (χ1n) is 12.1. The molecule has 0 radical (unpaired) electrons. The third-order valence-corrected chi connectivity index (χ3v) is 6.71. The highest BCUT2D eigenvalue weighted by Crippen LogP contribution is 2.30. The first kappa shape index (κ1) is 26.7. The number of nitrogens with zero attached hydrogens (tertiary/aromatic N) is 3. The van der Waals surface area contributed by atoms with Crippen LogP contribution < -0.4 is 21.3 Å². The summed E-state index contributed by atoms with van der Waals surface area (Å²) in [6, 6.07) is 4.06. The Balaban J connectivity index is 0.00000363. The fourth-order valence-electron chi connectivity index (χ4n) is 4.94. The van der Waals surface area contributed by atoms with Gasteiger partial charge in [-0.05, 0) is 50.5 Å². The van der Waals surface area contributed by atoms with Crippen molar-refractivity contribution in [1.29, 1.82) is 0 Å². The van der Waals surface area contributed by atoms with Crippen LogP contribution in [0.5, 0.6) is 0 Å². The lowest BCUT2D eigenvalue weighted by Gasteiger charge is -2.32. The summed E-state index contributed by atoms with van der Waals surface area (Å²) in [4.78, 5) is 23.2. The summed E-state index contributed by atoms with van der Waals surface area (Å²) in [6.07, 6.45) is 10.1. The van der Waals surface area contributed by atoms with Gasteiger partial charge in [-0.25, -0.2) is 9.98 Å². The second-order valence-corrected chi connectivity index (χ2v) is 9.20. The quantitative estimate of drug-likeness (QED) is 0.258. The molecule has 2 atom stereocenters. The maximum Gasteiger partial charge on any atom is 0.220 e. The van der Waals surface area contributed by atoms with Crippen molar-refractivity contribution in [3.8, 4) is 0 Å². The molecule has 1 aliphatic heterocycles. The first-order valence-corrected chi connectivity index (χ1v) is 12.1. The Morgan fingerprint density at radius 3 is 2.72 bits per heavy atom. The molecule has 2 unspecified atom stereocenters. The molecule has 2 aliphatic rings. The van der Waals surface area contributed by atoms with Crippen molar-refractivity contribution in [3.63, 3.8) is 0 Å². The summed E-state index contributed by atoms with van der Waals surface area (Å²) in [5, 5.41) is 6.89. The SMILES string of the molecule is CCNC(=NCc1cccnc1N1CCC(C(N)=O)CC1)NCCC1CCCC(C)C1.I. The standard InChI is InChI=1S/C24H40N6O.HI/c1-3-26-24(28-13-9-19-7-4-6-18(2)16-19)29-17-21-8-5-12-27-23(21)30-14-10-20(11-15-30)22(25)31;/h5,8,12,18-20H,3-4,6-7,9-11,13-17H2,1-2H3,(H2,25,31)(H2,26,28,29);1H. The molecule has 0 aromatic carbocycles. The molecule has 0 bridgehead atoms. The van der Waals surface area contributed by atoms with E-state index in [4.69, 9.17) is 10.7 Å². The molecule has 0 spiro atoms. The summed E-state index contributed by atoms with van der Waals surface area (Å²) < 4.78 is 0. The van der Waals surface area contributed by atoms with Crippen molar-refractivity contribution in [2.24, 2.45) is 28.5 Å². The van der Waals surface area contributed by atoms with Crippen molar-refractivity contribution in [1.82, 2.24) is 15.6 Å². The zero-order chi connectivity index (χ0) is 22.1. The van der Waals surface area contributed by atoms with E-state index in [0.717, 1.165) is 68.2 Å². The molecule has 1 aromatic heterocycles. The minimum absolute atomic E-state index is 0. The lowest BCUT2D eigenvalue weighted by molar-refractivity contribution is -0.122. The molecule has 1 aliphatic carbocycles. The smallest absolute Gasteiger partial charge is 0.220 e. The van der Waals surface area contributed by atoms with Crippen LogP contribution in [0.3, 0.4) is 0 Å². The van der Waals surface area contributed by atoms with Crippen LogP contribution in [-0.4, -0.2) is 43.0 Å². The van der Waals surface area contributed by atoms with Gasteiger partial charge >= 0.3 is 0 Å². The molecule has 4 N–H and O–H groups in total. The van der Waals surface area contributed by atoms with Crippen molar-refractivity contribution in [2.45, 2.75) is 65.3 Å². The molecule has 3 rings (SSSR count). The number of anilines is 1. The summed E-state index contributed by atoms with van der Waals surface area (Å²) in [7, 11) is 0. The Bertz CT molecular complexity index is 735. The van der Waals surface area contributed by atoms with Gasteiger partial charge < -0.3 is 21.3 Å². The second kappa shape index (κ2) is 13.9. The third-order valence-electron chi connectivity index (χ3n) is 6.71. The van der Waals surface area contributed by atoms with Gasteiger partial charge in [-0.3, -0.25) is 4.79 Å². The van der Waals surface area contributed by atoms with Gasteiger partial charge in [0.05, 0.1) is 6.54 Å². The topological polar surface area (TPSA) is 95.6 Å². The van der Waals surface area contributed by atoms with Crippen LogP contribution in [0.15, 0.2) is 23.3 Å². The molecule has 2 heterocycles. The maximum absolute atomic E-state index is 11.5. The number of hydrogen-bond donors (Lipinski definition) is 3. The Kier molecular flexibility index (Phi) is 11.5. The van der Waals surface area contributed by atoms with Crippen molar-refractivity contribution in [2.75, 3.05) is 31.1 Å². The molecular formula is C24H41IN6O. The average Bonchev–Trinajstić information content (AvgIpc) is 2.78. The zero-order valence-electron chi connectivity index (χ0n) is 19.7. The summed E-state index contributed by atoms with van der Waals surface area (Å²) in [5.74, 6) is 3.35. The Hall–Kier alpha value is -1.58. The van der Waals surface area contributed by atoms with E-state index < -0.39 is 0 Å². The molecule has 1 amide bonds. The molecule has 180 valence electrons. The van der Waals surface area contributed by atoms with Crippen molar-refractivity contribution in [3.05, 3.63) is 23.9 Å². The number of nitrogens with two attached hydrogens (primary N) is 1. The van der Waals surface area contributed by atoms with Gasteiger partial charge in [0.25, 0.3) is 0 Å². The Labute approximate surface area is 210 Å². The molecule has 1 saturated heterocycles. The lowest BCUT2D eigenvalue weighted by atomic mass is 9.81. The van der Waals surface area contributed by atoms with Gasteiger partial charge in [0.2, 0.25) is 5.91 Å². The number of hydrogen-bond acceptors (Lipinski definition) is 4. The number of nitrogens with one attached hydrogen (secondary N) is 2. The Morgan fingerprint density at radius 2 is 2.03 bits per heavy atom. The minimum atomic E-state index is -0.186. The molecule has 8 heteroatoms. The molecule has 32 heavy (non-hydrogen) atoms. The molecule has 1 saturated carbocycles. The van der Waals surface area contributed by atoms with Gasteiger partial charge in [0, 0.05) is 43.9 Å². The van der Waals surface area contributed by atoms with Crippen LogP contribution in [0.2, 0.25) is 0 Å². The minimum Gasteiger partial charge on any atom is -0.369 e. The Morgan fingerprint density at radius 1 is 1.25 bits per heavy atom. The normalized spacial score (nSPS) is 22.2. The van der Waals surface area contributed by atoms with Gasteiger partial charge in [-0.1, -0.05) is 32.3 Å². The van der Waals surface area contributed by atoms with E-state index in [2.05, 4.69) is 40.4 Å². The highest BCUT2D eigenvalue weighted by Gasteiger charge is 2.25. The van der Waals surface area contributed by atoms with E-state index in [0.29, 0.717) is 6.54 Å². The van der Waals surface area contributed by atoms with E-state index in [-0.39, 0.29) is 35.8 Å². The predicted octanol–water partition coefficient (Wildman–Crippen LogP) is 3.67. The number of aromatic nitrogens is 1. The molecule has 1 aromatic rings. The predicted molar refractivity (Wildman–Crippen MR) is 142 cm³/mol. The van der Waals surface area contributed by atoms with Gasteiger partial charge in [-0.15, -0.1) is 24.0 Å². The molecule has 2 fully saturated rings. The van der Waals surface area contributed by atoms with Gasteiger partial charge in [-0.2, -0.15) is 0 Å². The number of amides is 1. The van der Waals surface area contributed by atoms with Crippen LogP contribution in [0.1, 0.15) is 64.4 Å². The summed E-state index contributed by atoms with van der Waals surface area (Å²) in [6.45, 7) is 8.47. The van der Waals surface area contributed by atoms with Gasteiger partial charge in [0.1, 0.15) is 5.82 Å². The highest BCUT2D eigenvalue weighted by atomic mass is 127. The largest absolute Gasteiger partial charge is 0.369 e. The number of carbonyl (C=O) groups is 1. The maximum atomic E-state index is 11.5. The van der Waals surface area contributed by atoms with Crippen molar-refractivity contribution < 1.29 is 4.79 Å². The number of carbonyl (C=O) groups excluding carboxylic acids is 1. The van der Waals surface area contributed by atoms with Crippen LogP contribution >= 0.6 is 24.0 Å². The lowest BCUT2D eigenvalue weighted by Crippen LogP contribution is -2.39. The van der Waals surface area contributed by atoms with E-state index in [9.17, 15) is 4.79 Å². The number of piperidine rings is 1. The van der Waals surface area contributed by atoms with Crippen LogP contribution in [0.25, 0.3) is 0 Å². The molecule has 7 nitrogen and oxygen atoms in total. The van der Waals surface area contributed by atoms with E-state index >= 15 is 0 Å². The van der Waals surface area contributed by atoms with E-state index in [1.165, 1.54) is 32.1 Å².